The van der Waals surface area contributed by atoms with Crippen molar-refractivity contribution in [3.05, 3.63) is 35.9 Å². The summed E-state index contributed by atoms with van der Waals surface area (Å²) >= 11 is 0. The van der Waals surface area contributed by atoms with E-state index >= 15 is 0 Å². The van der Waals surface area contributed by atoms with Gasteiger partial charge in [-0.1, -0.05) is 43.2 Å². The van der Waals surface area contributed by atoms with Crippen molar-refractivity contribution in [3.8, 4) is 0 Å². The van der Waals surface area contributed by atoms with Crippen LogP contribution in [0.25, 0.3) is 0 Å². The van der Waals surface area contributed by atoms with Gasteiger partial charge in [0.25, 0.3) is 0 Å². The minimum absolute atomic E-state index is 0.267. The van der Waals surface area contributed by atoms with Gasteiger partial charge in [0.2, 0.25) is 0 Å². The van der Waals surface area contributed by atoms with Crippen molar-refractivity contribution >= 4 is 5.96 Å². The Kier molecular flexibility index (Phi) is 5.77. The van der Waals surface area contributed by atoms with Crippen LogP contribution >= 0.6 is 0 Å². The Balaban J connectivity index is 1.64. The van der Waals surface area contributed by atoms with Crippen LogP contribution in [0.1, 0.15) is 37.7 Å². The van der Waals surface area contributed by atoms with E-state index in [0.29, 0.717) is 5.92 Å². The predicted octanol–water partition coefficient (Wildman–Crippen LogP) is 3.04. The average molecular weight is 329 g/mol. The Labute approximate surface area is 146 Å². The normalized spacial score (nSPS) is 23.7. The van der Waals surface area contributed by atoms with E-state index in [1.165, 1.54) is 37.7 Å². The van der Waals surface area contributed by atoms with Crippen LogP contribution in [0.3, 0.4) is 0 Å². The molecule has 1 atom stereocenters. The fraction of sp³-hybridized carbons (Fsp3) is 0.650. The molecule has 0 bridgehead atoms. The van der Waals surface area contributed by atoms with Gasteiger partial charge < -0.3 is 15.0 Å². The number of guanidine groups is 1. The molecular formula is C20H31N3O. The van der Waals surface area contributed by atoms with Gasteiger partial charge in [-0.2, -0.15) is 0 Å². The first-order valence-corrected chi connectivity index (χ1v) is 9.27. The quantitative estimate of drug-likeness (QED) is 0.666. The van der Waals surface area contributed by atoms with Gasteiger partial charge in [0.1, 0.15) is 0 Å². The van der Waals surface area contributed by atoms with Crippen LogP contribution in [-0.2, 0) is 10.2 Å². The summed E-state index contributed by atoms with van der Waals surface area (Å²) < 4.78 is 5.32. The smallest absolute Gasteiger partial charge is 0.193 e. The Morgan fingerprint density at radius 2 is 2.04 bits per heavy atom. The molecular weight excluding hydrogens is 298 g/mol. The molecule has 0 radical (unpaired) electrons. The molecule has 0 amide bonds. The third kappa shape index (κ3) is 3.75. The topological polar surface area (TPSA) is 36.9 Å². The molecule has 4 heteroatoms. The molecule has 4 nitrogen and oxygen atoms in total. The molecule has 3 rings (SSSR count). The highest BCUT2D eigenvalue weighted by atomic mass is 16.5. The summed E-state index contributed by atoms with van der Waals surface area (Å²) in [5, 5.41) is 3.69. The summed E-state index contributed by atoms with van der Waals surface area (Å²) in [7, 11) is 3.69. The van der Waals surface area contributed by atoms with Crippen molar-refractivity contribution in [1.82, 2.24) is 10.2 Å². The van der Waals surface area contributed by atoms with Gasteiger partial charge in [0.05, 0.1) is 6.61 Å². The average Bonchev–Trinajstić information content (AvgIpc) is 3.27. The standard InChI is InChI=1S/C20H31N3O/c1-21-19(23-13-10-17(14-23)15-24-2)22-16-20(11-6-7-12-20)18-8-4-3-5-9-18/h3-5,8-9,17H,6-7,10-16H2,1-2H3,(H,21,22). The number of likely N-dealkylation sites (tertiary alicyclic amines) is 1. The molecule has 1 unspecified atom stereocenters. The highest BCUT2D eigenvalue weighted by Gasteiger charge is 2.36. The zero-order chi connectivity index (χ0) is 16.8. The van der Waals surface area contributed by atoms with Crippen LogP contribution in [0.2, 0.25) is 0 Å². The minimum atomic E-state index is 0.267. The minimum Gasteiger partial charge on any atom is -0.384 e. The van der Waals surface area contributed by atoms with Gasteiger partial charge in [0.15, 0.2) is 5.96 Å². The Bertz CT molecular complexity index is 537. The zero-order valence-electron chi connectivity index (χ0n) is 15.1. The molecule has 1 saturated heterocycles. The van der Waals surface area contributed by atoms with Crippen molar-refractivity contribution in [2.24, 2.45) is 10.9 Å². The predicted molar refractivity (Wildman–Crippen MR) is 99.5 cm³/mol. The highest BCUT2D eigenvalue weighted by Crippen LogP contribution is 2.40. The molecule has 2 fully saturated rings. The number of benzene rings is 1. The van der Waals surface area contributed by atoms with Crippen LogP contribution < -0.4 is 5.32 Å². The zero-order valence-corrected chi connectivity index (χ0v) is 15.1. The third-order valence-corrected chi connectivity index (χ3v) is 5.73. The lowest BCUT2D eigenvalue weighted by Crippen LogP contribution is -2.46. The van der Waals surface area contributed by atoms with Crippen molar-refractivity contribution in [2.75, 3.05) is 40.4 Å². The van der Waals surface area contributed by atoms with Crippen LogP contribution in [0.15, 0.2) is 35.3 Å². The second kappa shape index (κ2) is 8.02. The SMILES string of the molecule is CN=C(NCC1(c2ccccc2)CCCC1)N1CCC(COC)C1. The van der Waals surface area contributed by atoms with Gasteiger partial charge >= 0.3 is 0 Å². The Morgan fingerprint density at radius 1 is 1.29 bits per heavy atom. The Morgan fingerprint density at radius 3 is 2.71 bits per heavy atom. The van der Waals surface area contributed by atoms with E-state index in [0.717, 1.165) is 32.2 Å². The first-order valence-electron chi connectivity index (χ1n) is 9.27. The van der Waals surface area contributed by atoms with Crippen LogP contribution in [-0.4, -0.2) is 51.3 Å². The molecule has 1 saturated carbocycles. The maximum absolute atomic E-state index is 5.32. The van der Waals surface area contributed by atoms with Crippen LogP contribution in [0.5, 0.6) is 0 Å². The van der Waals surface area contributed by atoms with Crippen molar-refractivity contribution in [2.45, 2.75) is 37.5 Å². The summed E-state index contributed by atoms with van der Waals surface area (Å²) in [6, 6.07) is 11.0. The largest absolute Gasteiger partial charge is 0.384 e. The number of methoxy groups -OCH3 is 1. The summed E-state index contributed by atoms with van der Waals surface area (Å²) in [6.07, 6.45) is 6.39. The van der Waals surface area contributed by atoms with Crippen molar-refractivity contribution in [3.63, 3.8) is 0 Å². The maximum atomic E-state index is 5.32. The fourth-order valence-electron chi connectivity index (χ4n) is 4.39. The molecule has 0 spiro atoms. The van der Waals surface area contributed by atoms with Crippen LogP contribution in [0, 0.1) is 5.92 Å². The number of nitrogens with zero attached hydrogens (tertiary/aromatic N) is 2. The summed E-state index contributed by atoms with van der Waals surface area (Å²) in [5.41, 5.74) is 1.74. The van der Waals surface area contributed by atoms with E-state index in [4.69, 9.17) is 4.74 Å². The Hall–Kier alpha value is -1.55. The molecule has 1 aromatic carbocycles. The first-order chi connectivity index (χ1) is 11.8. The molecule has 1 aliphatic carbocycles. The highest BCUT2D eigenvalue weighted by molar-refractivity contribution is 5.80. The number of hydrogen-bond donors (Lipinski definition) is 1. The number of nitrogens with one attached hydrogen (secondary N) is 1. The molecule has 2 aliphatic rings. The first kappa shape index (κ1) is 17.3. The third-order valence-electron chi connectivity index (χ3n) is 5.73. The van der Waals surface area contributed by atoms with E-state index in [-0.39, 0.29) is 5.41 Å². The van der Waals surface area contributed by atoms with Gasteiger partial charge in [-0.05, 0) is 24.8 Å². The van der Waals surface area contributed by atoms with E-state index in [9.17, 15) is 0 Å². The second-order valence-corrected chi connectivity index (χ2v) is 7.31. The molecule has 1 heterocycles. The molecule has 1 aromatic rings. The monoisotopic (exact) mass is 329 g/mol. The second-order valence-electron chi connectivity index (χ2n) is 7.31. The van der Waals surface area contributed by atoms with Gasteiger partial charge in [-0.15, -0.1) is 0 Å². The van der Waals surface area contributed by atoms with E-state index in [1.807, 2.05) is 7.05 Å². The number of hydrogen-bond acceptors (Lipinski definition) is 2. The maximum Gasteiger partial charge on any atom is 0.193 e. The van der Waals surface area contributed by atoms with E-state index in [2.05, 4.69) is 45.5 Å². The molecule has 0 aromatic heterocycles. The lowest BCUT2D eigenvalue weighted by Gasteiger charge is -2.32. The van der Waals surface area contributed by atoms with E-state index < -0.39 is 0 Å². The number of aliphatic imine (C=N–C) groups is 1. The summed E-state index contributed by atoms with van der Waals surface area (Å²) in [4.78, 5) is 6.93. The lowest BCUT2D eigenvalue weighted by atomic mass is 9.79. The number of rotatable bonds is 5. The molecule has 1 aliphatic heterocycles. The fourth-order valence-corrected chi connectivity index (χ4v) is 4.39. The molecule has 132 valence electrons. The van der Waals surface area contributed by atoms with Gasteiger partial charge in [0, 0.05) is 45.1 Å². The summed E-state index contributed by atoms with van der Waals surface area (Å²) in [6.45, 7) is 3.95. The summed E-state index contributed by atoms with van der Waals surface area (Å²) in [5.74, 6) is 1.68. The van der Waals surface area contributed by atoms with Crippen molar-refractivity contribution in [1.29, 1.82) is 0 Å². The number of ether oxygens (including phenoxy) is 1. The van der Waals surface area contributed by atoms with Crippen molar-refractivity contribution < 1.29 is 4.74 Å². The van der Waals surface area contributed by atoms with Gasteiger partial charge in [-0.25, -0.2) is 0 Å². The van der Waals surface area contributed by atoms with E-state index in [1.54, 1.807) is 7.11 Å². The molecule has 1 N–H and O–H groups in total. The van der Waals surface area contributed by atoms with Crippen LogP contribution in [0.4, 0.5) is 0 Å². The molecule has 24 heavy (non-hydrogen) atoms. The lowest BCUT2D eigenvalue weighted by molar-refractivity contribution is 0.157. The van der Waals surface area contributed by atoms with Gasteiger partial charge in [-0.3, -0.25) is 4.99 Å².